The van der Waals surface area contributed by atoms with Crippen molar-refractivity contribution in [3.63, 3.8) is 0 Å². The van der Waals surface area contributed by atoms with Crippen LogP contribution in [0.2, 0.25) is 0 Å². The highest BCUT2D eigenvalue weighted by Crippen LogP contribution is 2.37. The molecule has 0 saturated heterocycles. The number of nitrogens with two attached hydrogens (primary N) is 1. The predicted molar refractivity (Wildman–Crippen MR) is 73.0 cm³/mol. The Morgan fingerprint density at radius 3 is 2.31 bits per heavy atom. The fraction of sp³-hybridized carbons (Fsp3) is 0.385. The molecule has 1 aromatic carbocycles. The van der Waals surface area contributed by atoms with Gasteiger partial charge < -0.3 is 10.5 Å². The van der Waals surface area contributed by atoms with Crippen LogP contribution in [-0.2, 0) is 0 Å². The largest absolute Gasteiger partial charge is 0.495 e. The number of methoxy groups -OCH3 is 1. The van der Waals surface area contributed by atoms with Crippen molar-refractivity contribution in [3.05, 3.63) is 32.8 Å². The first-order valence-corrected chi connectivity index (χ1v) is 6.03. The van der Waals surface area contributed by atoms with Crippen LogP contribution in [0.3, 0.4) is 0 Å². The Balaban J connectivity index is 3.47. The Labute approximate surface area is 106 Å². The standard InChI is InChI=1S/C13H18BrNO/c1-8-9(2)13(16-4)12(14)10(3)11(8)6-5-7-15/h5-6H,7,15H2,1-4H3/b6-5+. The fourth-order valence-corrected chi connectivity index (χ4v) is 2.46. The Morgan fingerprint density at radius 1 is 1.19 bits per heavy atom. The van der Waals surface area contributed by atoms with Crippen molar-refractivity contribution in [2.75, 3.05) is 13.7 Å². The molecule has 0 fully saturated rings. The number of benzene rings is 1. The van der Waals surface area contributed by atoms with Crippen LogP contribution in [0.15, 0.2) is 10.5 Å². The molecule has 0 saturated carbocycles. The fourth-order valence-electron chi connectivity index (χ4n) is 1.79. The number of hydrogen-bond acceptors (Lipinski definition) is 2. The molecule has 0 aliphatic rings. The summed E-state index contributed by atoms with van der Waals surface area (Å²) in [5, 5.41) is 0. The molecule has 88 valence electrons. The van der Waals surface area contributed by atoms with Crippen molar-refractivity contribution < 1.29 is 4.74 Å². The first-order chi connectivity index (χ1) is 7.54. The van der Waals surface area contributed by atoms with E-state index in [-0.39, 0.29) is 0 Å². The molecule has 0 aliphatic carbocycles. The molecule has 0 spiro atoms. The summed E-state index contributed by atoms with van der Waals surface area (Å²) in [6, 6.07) is 0. The van der Waals surface area contributed by atoms with Gasteiger partial charge in [-0.25, -0.2) is 0 Å². The summed E-state index contributed by atoms with van der Waals surface area (Å²) in [6.45, 7) is 6.81. The van der Waals surface area contributed by atoms with E-state index in [9.17, 15) is 0 Å². The molecule has 1 aromatic rings. The number of rotatable bonds is 3. The van der Waals surface area contributed by atoms with Gasteiger partial charge in [0.1, 0.15) is 5.75 Å². The molecule has 0 amide bonds. The molecule has 2 nitrogen and oxygen atoms in total. The molecule has 0 atom stereocenters. The third-order valence-corrected chi connectivity index (χ3v) is 3.82. The molecule has 0 bridgehead atoms. The third-order valence-electron chi connectivity index (χ3n) is 2.86. The van der Waals surface area contributed by atoms with E-state index < -0.39 is 0 Å². The van der Waals surface area contributed by atoms with Crippen LogP contribution in [0.1, 0.15) is 22.3 Å². The highest BCUT2D eigenvalue weighted by atomic mass is 79.9. The van der Waals surface area contributed by atoms with Gasteiger partial charge in [0.15, 0.2) is 0 Å². The highest BCUT2D eigenvalue weighted by Gasteiger charge is 2.14. The zero-order valence-electron chi connectivity index (χ0n) is 10.2. The molecule has 2 N–H and O–H groups in total. The van der Waals surface area contributed by atoms with Crippen molar-refractivity contribution >= 4 is 22.0 Å². The van der Waals surface area contributed by atoms with Crippen LogP contribution in [0, 0.1) is 20.8 Å². The number of ether oxygens (including phenoxy) is 1. The smallest absolute Gasteiger partial charge is 0.136 e. The van der Waals surface area contributed by atoms with Gasteiger partial charge >= 0.3 is 0 Å². The summed E-state index contributed by atoms with van der Waals surface area (Å²) in [7, 11) is 1.70. The lowest BCUT2D eigenvalue weighted by Crippen LogP contribution is -1.99. The van der Waals surface area contributed by atoms with Crippen LogP contribution < -0.4 is 10.5 Å². The van der Waals surface area contributed by atoms with E-state index in [1.54, 1.807) is 7.11 Å². The maximum atomic E-state index is 5.49. The van der Waals surface area contributed by atoms with Gasteiger partial charge in [0.25, 0.3) is 0 Å². The predicted octanol–water partition coefficient (Wildman–Crippen LogP) is 3.35. The van der Waals surface area contributed by atoms with E-state index >= 15 is 0 Å². The molecule has 16 heavy (non-hydrogen) atoms. The lowest BCUT2D eigenvalue weighted by Gasteiger charge is -2.16. The summed E-state index contributed by atoms with van der Waals surface area (Å²) in [6.07, 6.45) is 4.04. The first kappa shape index (κ1) is 13.3. The second kappa shape index (κ2) is 5.51. The van der Waals surface area contributed by atoms with Gasteiger partial charge in [-0.15, -0.1) is 0 Å². The van der Waals surface area contributed by atoms with Gasteiger partial charge in [-0.1, -0.05) is 12.2 Å². The maximum Gasteiger partial charge on any atom is 0.136 e. The van der Waals surface area contributed by atoms with E-state index in [0.717, 1.165) is 15.8 Å². The molecular formula is C13H18BrNO. The Kier molecular flexibility index (Phi) is 4.56. The van der Waals surface area contributed by atoms with Gasteiger partial charge in [0.2, 0.25) is 0 Å². The Hall–Kier alpha value is -0.800. The summed E-state index contributed by atoms with van der Waals surface area (Å²) in [5.74, 6) is 0.917. The molecule has 1 rings (SSSR count). The number of hydrogen-bond donors (Lipinski definition) is 1. The van der Waals surface area contributed by atoms with Gasteiger partial charge in [-0.2, -0.15) is 0 Å². The zero-order chi connectivity index (χ0) is 12.3. The highest BCUT2D eigenvalue weighted by molar-refractivity contribution is 9.10. The van der Waals surface area contributed by atoms with Crippen molar-refractivity contribution in [1.82, 2.24) is 0 Å². The molecule has 0 aliphatic heterocycles. The molecule has 0 aromatic heterocycles. The minimum atomic E-state index is 0.557. The van der Waals surface area contributed by atoms with E-state index in [4.69, 9.17) is 10.5 Å². The summed E-state index contributed by atoms with van der Waals surface area (Å²) in [4.78, 5) is 0. The van der Waals surface area contributed by atoms with Crippen molar-refractivity contribution in [2.45, 2.75) is 20.8 Å². The van der Waals surface area contributed by atoms with Crippen LogP contribution in [0.5, 0.6) is 5.75 Å². The van der Waals surface area contributed by atoms with Gasteiger partial charge in [0.05, 0.1) is 11.6 Å². The molecule has 0 radical (unpaired) electrons. The van der Waals surface area contributed by atoms with Crippen molar-refractivity contribution in [2.24, 2.45) is 5.73 Å². The minimum absolute atomic E-state index is 0.557. The van der Waals surface area contributed by atoms with E-state index in [1.807, 2.05) is 6.08 Å². The van der Waals surface area contributed by atoms with Gasteiger partial charge in [0, 0.05) is 6.54 Å². The van der Waals surface area contributed by atoms with Gasteiger partial charge in [-0.3, -0.25) is 0 Å². The molecule has 0 heterocycles. The lowest BCUT2D eigenvalue weighted by atomic mass is 9.97. The second-order valence-electron chi connectivity index (χ2n) is 3.77. The van der Waals surface area contributed by atoms with E-state index in [2.05, 4.69) is 42.8 Å². The van der Waals surface area contributed by atoms with Crippen LogP contribution in [-0.4, -0.2) is 13.7 Å². The van der Waals surface area contributed by atoms with Crippen LogP contribution in [0.25, 0.3) is 6.08 Å². The topological polar surface area (TPSA) is 35.2 Å². The first-order valence-electron chi connectivity index (χ1n) is 5.24. The average Bonchev–Trinajstić information content (AvgIpc) is 2.27. The summed E-state index contributed by atoms with van der Waals surface area (Å²) >= 11 is 3.58. The second-order valence-corrected chi connectivity index (χ2v) is 4.57. The SMILES string of the molecule is COc1c(C)c(C)c(/C=C/CN)c(C)c1Br. The normalized spacial score (nSPS) is 11.1. The van der Waals surface area contributed by atoms with Crippen molar-refractivity contribution in [1.29, 1.82) is 0 Å². The average molecular weight is 284 g/mol. The Bertz CT molecular complexity index is 395. The van der Waals surface area contributed by atoms with E-state index in [0.29, 0.717) is 6.54 Å². The quantitative estimate of drug-likeness (QED) is 0.923. The summed E-state index contributed by atoms with van der Waals surface area (Å²) < 4.78 is 6.42. The van der Waals surface area contributed by atoms with Crippen LogP contribution in [0.4, 0.5) is 0 Å². The Morgan fingerprint density at radius 2 is 1.81 bits per heavy atom. The minimum Gasteiger partial charge on any atom is -0.495 e. The molecule has 3 heteroatoms. The zero-order valence-corrected chi connectivity index (χ0v) is 11.8. The monoisotopic (exact) mass is 283 g/mol. The third kappa shape index (κ3) is 2.30. The van der Waals surface area contributed by atoms with Crippen LogP contribution >= 0.6 is 15.9 Å². The number of halogens is 1. The van der Waals surface area contributed by atoms with Gasteiger partial charge in [-0.05, 0) is 59.0 Å². The maximum absolute atomic E-state index is 5.49. The van der Waals surface area contributed by atoms with E-state index in [1.165, 1.54) is 16.7 Å². The molecule has 0 unspecified atom stereocenters. The molecular weight excluding hydrogens is 266 g/mol. The van der Waals surface area contributed by atoms with Crippen molar-refractivity contribution in [3.8, 4) is 5.75 Å². The summed E-state index contributed by atoms with van der Waals surface area (Å²) in [5.41, 5.74) is 10.3. The lowest BCUT2D eigenvalue weighted by molar-refractivity contribution is 0.408.